The van der Waals surface area contributed by atoms with E-state index in [-0.39, 0.29) is 16.6 Å². The third-order valence-corrected chi connectivity index (χ3v) is 4.73. The number of aromatic amines is 2. The van der Waals surface area contributed by atoms with E-state index in [4.69, 9.17) is 11.6 Å². The van der Waals surface area contributed by atoms with Crippen LogP contribution in [0, 0.1) is 0 Å². The van der Waals surface area contributed by atoms with Crippen LogP contribution in [-0.4, -0.2) is 25.8 Å². The van der Waals surface area contributed by atoms with Gasteiger partial charge in [0, 0.05) is 22.2 Å². The zero-order chi connectivity index (χ0) is 19.0. The fourth-order valence-corrected chi connectivity index (χ4v) is 3.27. The van der Waals surface area contributed by atoms with Gasteiger partial charge in [-0.2, -0.15) is 0 Å². The largest absolute Gasteiger partial charge is 0.327 e. The standard InChI is InChI=1S/C17H10ClN5O3S/c18-10-3-1-8(2-4-10)12-7-27-17(20-12)23-14(24)9-5-11-13(19-6-9)21-16(26)22-15(11)25/h1-7H,(H,20,23,24)(H2,19,21,22,25,26). The molecule has 0 aliphatic carbocycles. The second-order valence-corrected chi connectivity index (χ2v) is 6.82. The zero-order valence-electron chi connectivity index (χ0n) is 13.4. The fourth-order valence-electron chi connectivity index (χ4n) is 2.42. The molecule has 0 aliphatic heterocycles. The van der Waals surface area contributed by atoms with Crippen molar-refractivity contribution >= 4 is 45.0 Å². The summed E-state index contributed by atoms with van der Waals surface area (Å²) in [6, 6.07) is 8.56. The minimum Gasteiger partial charge on any atom is -0.298 e. The summed E-state index contributed by atoms with van der Waals surface area (Å²) in [5, 5.41) is 5.63. The van der Waals surface area contributed by atoms with Crippen LogP contribution in [0.1, 0.15) is 10.4 Å². The number of benzene rings is 1. The smallest absolute Gasteiger partial charge is 0.298 e. The average molecular weight is 400 g/mol. The van der Waals surface area contributed by atoms with Crippen LogP contribution in [0.5, 0.6) is 0 Å². The highest BCUT2D eigenvalue weighted by molar-refractivity contribution is 7.14. The van der Waals surface area contributed by atoms with Gasteiger partial charge in [-0.05, 0) is 18.2 Å². The van der Waals surface area contributed by atoms with E-state index in [2.05, 4.69) is 25.3 Å². The quantitative estimate of drug-likeness (QED) is 0.489. The molecule has 8 nitrogen and oxygen atoms in total. The minimum atomic E-state index is -0.658. The molecule has 1 amide bonds. The van der Waals surface area contributed by atoms with E-state index >= 15 is 0 Å². The van der Waals surface area contributed by atoms with Gasteiger partial charge in [-0.15, -0.1) is 11.3 Å². The van der Waals surface area contributed by atoms with Crippen molar-refractivity contribution in [3.8, 4) is 11.3 Å². The van der Waals surface area contributed by atoms with Crippen molar-refractivity contribution in [2.45, 2.75) is 0 Å². The third-order valence-electron chi connectivity index (χ3n) is 3.72. The molecule has 4 rings (SSSR count). The van der Waals surface area contributed by atoms with Crippen LogP contribution in [0.2, 0.25) is 5.02 Å². The molecule has 0 saturated heterocycles. The van der Waals surface area contributed by atoms with Gasteiger partial charge >= 0.3 is 5.69 Å². The number of nitrogens with zero attached hydrogens (tertiary/aromatic N) is 2. The highest BCUT2D eigenvalue weighted by Crippen LogP contribution is 2.26. The SMILES string of the molecule is O=C(Nc1nc(-c2ccc(Cl)cc2)cs1)c1cnc2[nH]c(=O)[nH]c(=O)c2c1. The van der Waals surface area contributed by atoms with E-state index in [1.807, 2.05) is 17.5 Å². The van der Waals surface area contributed by atoms with E-state index in [1.165, 1.54) is 23.6 Å². The van der Waals surface area contributed by atoms with Crippen molar-refractivity contribution < 1.29 is 4.79 Å². The van der Waals surface area contributed by atoms with Crippen molar-refractivity contribution in [2.75, 3.05) is 5.32 Å². The topological polar surface area (TPSA) is 121 Å². The molecule has 3 aromatic heterocycles. The Bertz CT molecular complexity index is 1280. The first-order valence-corrected chi connectivity index (χ1v) is 8.90. The van der Waals surface area contributed by atoms with Gasteiger partial charge in [-0.3, -0.25) is 24.9 Å². The highest BCUT2D eigenvalue weighted by Gasteiger charge is 2.13. The number of pyridine rings is 1. The summed E-state index contributed by atoms with van der Waals surface area (Å²) in [4.78, 5) is 48.4. The van der Waals surface area contributed by atoms with Crippen LogP contribution in [-0.2, 0) is 0 Å². The van der Waals surface area contributed by atoms with E-state index in [9.17, 15) is 14.4 Å². The molecule has 0 aliphatic rings. The molecular weight excluding hydrogens is 390 g/mol. The predicted octanol–water partition coefficient (Wildman–Crippen LogP) is 2.64. The van der Waals surface area contributed by atoms with Gasteiger partial charge in [-0.1, -0.05) is 23.7 Å². The van der Waals surface area contributed by atoms with Gasteiger partial charge in [0.2, 0.25) is 0 Å². The molecule has 1 aromatic carbocycles. The van der Waals surface area contributed by atoms with Gasteiger partial charge in [0.1, 0.15) is 5.65 Å². The van der Waals surface area contributed by atoms with Crippen LogP contribution < -0.4 is 16.6 Å². The summed E-state index contributed by atoms with van der Waals surface area (Å²) >= 11 is 7.15. The monoisotopic (exact) mass is 399 g/mol. The Kier molecular flexibility index (Phi) is 4.30. The van der Waals surface area contributed by atoms with Crippen molar-refractivity contribution in [3.63, 3.8) is 0 Å². The Hall–Kier alpha value is -3.30. The molecule has 0 spiro atoms. The Balaban J connectivity index is 1.59. The Morgan fingerprint density at radius 2 is 1.93 bits per heavy atom. The van der Waals surface area contributed by atoms with Crippen molar-refractivity contribution in [1.29, 1.82) is 0 Å². The van der Waals surface area contributed by atoms with Crippen LogP contribution in [0.25, 0.3) is 22.3 Å². The molecule has 0 atom stereocenters. The first-order valence-electron chi connectivity index (χ1n) is 7.65. The molecule has 27 heavy (non-hydrogen) atoms. The molecule has 3 N–H and O–H groups in total. The summed E-state index contributed by atoms with van der Waals surface area (Å²) in [7, 11) is 0. The third kappa shape index (κ3) is 3.50. The summed E-state index contributed by atoms with van der Waals surface area (Å²) in [5.74, 6) is -0.466. The van der Waals surface area contributed by atoms with Crippen LogP contribution in [0.15, 0.2) is 51.5 Å². The number of thiazole rings is 1. The Morgan fingerprint density at radius 3 is 2.70 bits per heavy atom. The molecule has 4 aromatic rings. The first-order chi connectivity index (χ1) is 13.0. The number of carbonyl (C=O) groups is 1. The van der Waals surface area contributed by atoms with Crippen molar-refractivity contribution in [3.05, 3.63) is 73.3 Å². The maximum atomic E-state index is 12.4. The lowest BCUT2D eigenvalue weighted by molar-refractivity contribution is 0.102. The summed E-state index contributed by atoms with van der Waals surface area (Å²) in [5.41, 5.74) is 0.587. The predicted molar refractivity (Wildman–Crippen MR) is 103 cm³/mol. The van der Waals surface area contributed by atoms with E-state index in [0.29, 0.717) is 15.8 Å². The highest BCUT2D eigenvalue weighted by atomic mass is 35.5. The van der Waals surface area contributed by atoms with E-state index in [0.717, 1.165) is 5.56 Å². The molecule has 3 heterocycles. The maximum absolute atomic E-state index is 12.4. The molecule has 10 heteroatoms. The lowest BCUT2D eigenvalue weighted by atomic mass is 10.2. The van der Waals surface area contributed by atoms with Gasteiger partial charge in [0.25, 0.3) is 11.5 Å². The normalized spacial score (nSPS) is 10.9. The van der Waals surface area contributed by atoms with Crippen LogP contribution in [0.3, 0.4) is 0 Å². The lowest BCUT2D eigenvalue weighted by Crippen LogP contribution is -2.23. The number of amides is 1. The number of carbonyl (C=O) groups excluding carboxylic acids is 1. The van der Waals surface area contributed by atoms with Gasteiger partial charge < -0.3 is 0 Å². The minimum absolute atomic E-state index is 0.111. The zero-order valence-corrected chi connectivity index (χ0v) is 15.0. The summed E-state index contributed by atoms with van der Waals surface area (Å²) in [6.07, 6.45) is 1.28. The maximum Gasteiger partial charge on any atom is 0.327 e. The first kappa shape index (κ1) is 17.1. The lowest BCUT2D eigenvalue weighted by Gasteiger charge is -2.02. The molecule has 0 bridgehead atoms. The van der Waals surface area contributed by atoms with Crippen molar-refractivity contribution in [1.82, 2.24) is 19.9 Å². The molecule has 0 unspecified atom stereocenters. The Morgan fingerprint density at radius 1 is 1.15 bits per heavy atom. The number of nitrogens with one attached hydrogen (secondary N) is 3. The molecule has 134 valence electrons. The number of rotatable bonds is 3. The molecular formula is C17H10ClN5O3S. The number of anilines is 1. The summed E-state index contributed by atoms with van der Waals surface area (Å²) < 4.78 is 0. The number of halogens is 1. The number of aromatic nitrogens is 4. The Labute approximate surface area is 159 Å². The second-order valence-electron chi connectivity index (χ2n) is 5.53. The van der Waals surface area contributed by atoms with Gasteiger partial charge in [0.05, 0.1) is 16.6 Å². The molecule has 0 saturated carbocycles. The molecule has 0 fully saturated rings. The fraction of sp³-hybridized carbons (Fsp3) is 0. The van der Waals surface area contributed by atoms with Crippen LogP contribution >= 0.6 is 22.9 Å². The second kappa shape index (κ2) is 6.78. The number of hydrogen-bond donors (Lipinski definition) is 3. The molecule has 0 radical (unpaired) electrons. The number of H-pyrrole nitrogens is 2. The van der Waals surface area contributed by atoms with Crippen LogP contribution in [0.4, 0.5) is 5.13 Å². The van der Waals surface area contributed by atoms with E-state index < -0.39 is 17.2 Å². The van der Waals surface area contributed by atoms with Crippen molar-refractivity contribution in [2.24, 2.45) is 0 Å². The summed E-state index contributed by atoms with van der Waals surface area (Å²) in [6.45, 7) is 0. The number of fused-ring (bicyclic) bond motifs is 1. The van der Waals surface area contributed by atoms with Gasteiger partial charge in [0.15, 0.2) is 5.13 Å². The van der Waals surface area contributed by atoms with E-state index in [1.54, 1.807) is 12.1 Å². The number of hydrogen-bond acceptors (Lipinski definition) is 6. The average Bonchev–Trinajstić information content (AvgIpc) is 3.10. The van der Waals surface area contributed by atoms with Gasteiger partial charge in [-0.25, -0.2) is 14.8 Å².